The number of amides is 1. The number of hydrogen-bond acceptors (Lipinski definition) is 6. The van der Waals surface area contributed by atoms with E-state index in [0.717, 1.165) is 26.1 Å². The van der Waals surface area contributed by atoms with Crippen LogP contribution < -0.4 is 11.1 Å². The van der Waals surface area contributed by atoms with Gasteiger partial charge in [0, 0.05) is 19.3 Å². The van der Waals surface area contributed by atoms with Crippen molar-refractivity contribution in [1.82, 2.24) is 20.5 Å². The predicted molar refractivity (Wildman–Crippen MR) is 63.5 cm³/mol. The van der Waals surface area contributed by atoms with Crippen molar-refractivity contribution in [2.24, 2.45) is 0 Å². The zero-order valence-corrected chi connectivity index (χ0v) is 10.1. The lowest BCUT2D eigenvalue weighted by atomic mass is 10.1. The third kappa shape index (κ3) is 3.90. The van der Waals surface area contributed by atoms with Crippen molar-refractivity contribution in [3.63, 3.8) is 0 Å². The minimum Gasteiger partial charge on any atom is -0.381 e. The average Bonchev–Trinajstić information content (AvgIpc) is 2.74. The first-order valence-corrected chi connectivity index (χ1v) is 6.40. The molecule has 2 rings (SSSR count). The second kappa shape index (κ2) is 5.87. The van der Waals surface area contributed by atoms with E-state index in [1.807, 2.05) is 0 Å². The molecule has 1 aliphatic heterocycles. The first-order valence-electron chi connectivity index (χ1n) is 5.42. The van der Waals surface area contributed by atoms with Gasteiger partial charge in [0.1, 0.15) is 0 Å². The Kier molecular flexibility index (Phi) is 4.21. The summed E-state index contributed by atoms with van der Waals surface area (Å²) in [6, 6.07) is 0.231. The van der Waals surface area contributed by atoms with E-state index in [-0.39, 0.29) is 17.9 Å². The van der Waals surface area contributed by atoms with Crippen molar-refractivity contribution in [1.29, 1.82) is 0 Å². The smallest absolute Gasteiger partial charge is 0.230 e. The number of aromatic amines is 1. The van der Waals surface area contributed by atoms with E-state index in [4.69, 9.17) is 10.5 Å². The second-order valence-corrected chi connectivity index (χ2v) is 4.69. The van der Waals surface area contributed by atoms with Crippen molar-refractivity contribution in [2.45, 2.75) is 24.0 Å². The zero-order valence-electron chi connectivity index (χ0n) is 9.31. The monoisotopic (exact) mass is 257 g/mol. The fourth-order valence-corrected chi connectivity index (χ4v) is 2.18. The Hall–Kier alpha value is -1.28. The van der Waals surface area contributed by atoms with Gasteiger partial charge in [-0.3, -0.25) is 4.79 Å². The summed E-state index contributed by atoms with van der Waals surface area (Å²) in [6.45, 7) is 1.44. The number of anilines is 1. The summed E-state index contributed by atoms with van der Waals surface area (Å²) < 4.78 is 5.22. The first kappa shape index (κ1) is 12.2. The van der Waals surface area contributed by atoms with Crippen LogP contribution in [0.15, 0.2) is 5.16 Å². The molecule has 94 valence electrons. The molecule has 0 unspecified atom stereocenters. The van der Waals surface area contributed by atoms with Gasteiger partial charge in [-0.05, 0) is 12.8 Å². The van der Waals surface area contributed by atoms with E-state index in [9.17, 15) is 4.79 Å². The first-order chi connectivity index (χ1) is 8.24. The number of H-pyrrole nitrogens is 1. The van der Waals surface area contributed by atoms with Crippen LogP contribution in [0.3, 0.4) is 0 Å². The van der Waals surface area contributed by atoms with Gasteiger partial charge in [0.15, 0.2) is 0 Å². The van der Waals surface area contributed by atoms with Gasteiger partial charge in [0.05, 0.1) is 5.75 Å². The van der Waals surface area contributed by atoms with Crippen LogP contribution in [-0.4, -0.2) is 46.1 Å². The number of ether oxygens (including phenoxy) is 1. The Labute approximate surface area is 103 Å². The molecule has 1 aromatic rings. The molecule has 1 saturated heterocycles. The molecule has 17 heavy (non-hydrogen) atoms. The minimum absolute atomic E-state index is 0.00901. The average molecular weight is 257 g/mol. The molecule has 0 radical (unpaired) electrons. The molecule has 7 nitrogen and oxygen atoms in total. The number of aromatic nitrogens is 3. The minimum atomic E-state index is -0.00901. The largest absolute Gasteiger partial charge is 0.381 e. The number of carbonyl (C=O) groups excluding carboxylic acids is 1. The Morgan fingerprint density at radius 3 is 3.00 bits per heavy atom. The molecule has 1 aromatic heterocycles. The van der Waals surface area contributed by atoms with Gasteiger partial charge >= 0.3 is 0 Å². The van der Waals surface area contributed by atoms with E-state index in [0.29, 0.717) is 10.9 Å². The maximum atomic E-state index is 11.6. The molecule has 0 aromatic carbocycles. The van der Waals surface area contributed by atoms with E-state index >= 15 is 0 Å². The maximum Gasteiger partial charge on any atom is 0.230 e. The van der Waals surface area contributed by atoms with Gasteiger partial charge in [-0.1, -0.05) is 11.8 Å². The highest BCUT2D eigenvalue weighted by Gasteiger charge is 2.16. The Morgan fingerprint density at radius 1 is 1.59 bits per heavy atom. The van der Waals surface area contributed by atoms with E-state index in [2.05, 4.69) is 20.5 Å². The van der Waals surface area contributed by atoms with Crippen molar-refractivity contribution < 1.29 is 9.53 Å². The Bertz CT molecular complexity index is 377. The number of nitrogens with one attached hydrogen (secondary N) is 2. The quantitative estimate of drug-likeness (QED) is 0.644. The molecule has 0 atom stereocenters. The topological polar surface area (TPSA) is 106 Å². The molecule has 1 amide bonds. The number of nitrogen functional groups attached to an aromatic ring is 1. The molecule has 1 aliphatic rings. The highest BCUT2D eigenvalue weighted by Crippen LogP contribution is 2.13. The van der Waals surface area contributed by atoms with Gasteiger partial charge in [-0.15, -0.1) is 5.10 Å². The maximum absolute atomic E-state index is 11.6. The Morgan fingerprint density at radius 2 is 2.35 bits per heavy atom. The molecule has 4 N–H and O–H groups in total. The molecule has 0 bridgehead atoms. The summed E-state index contributed by atoms with van der Waals surface area (Å²) in [7, 11) is 0. The Balaban J connectivity index is 1.70. The molecular weight excluding hydrogens is 242 g/mol. The number of hydrogen-bond donors (Lipinski definition) is 3. The van der Waals surface area contributed by atoms with Gasteiger partial charge in [-0.2, -0.15) is 4.98 Å². The van der Waals surface area contributed by atoms with Crippen molar-refractivity contribution in [3.05, 3.63) is 0 Å². The summed E-state index contributed by atoms with van der Waals surface area (Å²) in [5, 5.41) is 9.81. The number of thioether (sulfide) groups is 1. The van der Waals surface area contributed by atoms with Crippen LogP contribution in [0.1, 0.15) is 12.8 Å². The van der Waals surface area contributed by atoms with Crippen molar-refractivity contribution in [3.8, 4) is 0 Å². The third-order valence-corrected chi connectivity index (χ3v) is 3.25. The lowest BCUT2D eigenvalue weighted by Crippen LogP contribution is -2.39. The number of nitrogens with zero attached hydrogens (tertiary/aromatic N) is 2. The fraction of sp³-hybridized carbons (Fsp3) is 0.667. The zero-order chi connectivity index (χ0) is 12.1. The van der Waals surface area contributed by atoms with Gasteiger partial charge < -0.3 is 15.8 Å². The number of rotatable bonds is 4. The molecule has 0 aliphatic carbocycles. The van der Waals surface area contributed by atoms with E-state index in [1.54, 1.807) is 0 Å². The summed E-state index contributed by atoms with van der Waals surface area (Å²) in [5.41, 5.74) is 5.38. The lowest BCUT2D eigenvalue weighted by molar-refractivity contribution is -0.119. The molecular formula is C9H15N5O2S. The van der Waals surface area contributed by atoms with Crippen LogP contribution in [0.25, 0.3) is 0 Å². The van der Waals surface area contributed by atoms with Crippen LogP contribution in [0.5, 0.6) is 0 Å². The summed E-state index contributed by atoms with van der Waals surface area (Å²) in [4.78, 5) is 15.5. The van der Waals surface area contributed by atoms with Crippen LogP contribution in [0.2, 0.25) is 0 Å². The van der Waals surface area contributed by atoms with Crippen molar-refractivity contribution in [2.75, 3.05) is 24.7 Å². The summed E-state index contributed by atoms with van der Waals surface area (Å²) in [6.07, 6.45) is 1.76. The van der Waals surface area contributed by atoms with Crippen LogP contribution in [0.4, 0.5) is 5.95 Å². The number of carbonyl (C=O) groups is 1. The number of nitrogens with two attached hydrogens (primary N) is 1. The van der Waals surface area contributed by atoms with Gasteiger partial charge in [0.25, 0.3) is 0 Å². The molecule has 2 heterocycles. The van der Waals surface area contributed by atoms with E-state index in [1.165, 1.54) is 11.8 Å². The second-order valence-electron chi connectivity index (χ2n) is 3.75. The summed E-state index contributed by atoms with van der Waals surface area (Å²) >= 11 is 1.26. The lowest BCUT2D eigenvalue weighted by Gasteiger charge is -2.22. The van der Waals surface area contributed by atoms with Crippen molar-refractivity contribution >= 4 is 23.6 Å². The predicted octanol–water partition coefficient (Wildman–Crippen LogP) is -0.226. The van der Waals surface area contributed by atoms with Crippen LogP contribution in [-0.2, 0) is 9.53 Å². The standard InChI is InChI=1S/C9H15N5O2S/c10-8-12-9(14-13-8)17-5-7(15)11-6-1-3-16-4-2-6/h6H,1-5H2,(H,11,15)(H3,10,12,13,14). The van der Waals surface area contributed by atoms with Crippen LogP contribution in [0, 0.1) is 0 Å². The highest BCUT2D eigenvalue weighted by atomic mass is 32.2. The molecule has 1 fully saturated rings. The van der Waals surface area contributed by atoms with Crippen LogP contribution >= 0.6 is 11.8 Å². The molecule has 0 saturated carbocycles. The van der Waals surface area contributed by atoms with Gasteiger partial charge in [0.2, 0.25) is 17.0 Å². The van der Waals surface area contributed by atoms with Gasteiger partial charge in [-0.25, -0.2) is 5.10 Å². The summed E-state index contributed by atoms with van der Waals surface area (Å²) in [5.74, 6) is 0.553. The normalized spacial score (nSPS) is 16.9. The molecule has 0 spiro atoms. The third-order valence-electron chi connectivity index (χ3n) is 2.40. The molecule has 8 heteroatoms. The SMILES string of the molecule is Nc1nc(SCC(=O)NC2CCOCC2)n[nH]1. The highest BCUT2D eigenvalue weighted by molar-refractivity contribution is 7.99. The fourth-order valence-electron chi connectivity index (χ4n) is 1.56. The van der Waals surface area contributed by atoms with E-state index < -0.39 is 0 Å².